The number of furan rings is 1. The first kappa shape index (κ1) is 17.9. The predicted molar refractivity (Wildman–Crippen MR) is 111 cm³/mol. The minimum absolute atomic E-state index is 0.0760. The zero-order valence-electron chi connectivity index (χ0n) is 16.0. The molecule has 0 saturated carbocycles. The van der Waals surface area contributed by atoms with Crippen LogP contribution in [-0.4, -0.2) is 20.7 Å². The molecule has 0 spiro atoms. The highest BCUT2D eigenvalue weighted by atomic mass is 16.4. The molecule has 1 amide bonds. The summed E-state index contributed by atoms with van der Waals surface area (Å²) in [4.78, 5) is 12.5. The first-order valence-electron chi connectivity index (χ1n) is 9.54. The van der Waals surface area contributed by atoms with Gasteiger partial charge in [0.15, 0.2) is 5.76 Å². The van der Waals surface area contributed by atoms with Crippen LogP contribution in [0, 0.1) is 0 Å². The normalized spacial score (nSPS) is 11.1. The molecule has 2 aromatic carbocycles. The number of nitrogens with zero attached hydrogens (tertiary/aromatic N) is 3. The Bertz CT molecular complexity index is 1290. The van der Waals surface area contributed by atoms with Crippen LogP contribution in [0.4, 0.5) is 0 Å². The number of nitrogens with one attached hydrogen (secondary N) is 1. The van der Waals surface area contributed by atoms with Crippen LogP contribution in [-0.2, 0) is 17.9 Å². The second-order valence-corrected chi connectivity index (χ2v) is 6.84. The lowest BCUT2D eigenvalue weighted by Crippen LogP contribution is -2.26. The van der Waals surface area contributed by atoms with E-state index in [1.807, 2.05) is 65.4 Å². The predicted octanol–water partition coefficient (Wildman–Crippen LogP) is 4.27. The second kappa shape index (κ2) is 7.71. The molecule has 0 aliphatic carbocycles. The zero-order chi connectivity index (χ0) is 20.3. The topological polar surface area (TPSA) is 86.1 Å². The van der Waals surface area contributed by atoms with Crippen molar-refractivity contribution in [3.8, 4) is 23.1 Å². The van der Waals surface area contributed by atoms with Crippen molar-refractivity contribution in [2.24, 2.45) is 0 Å². The molecule has 0 saturated heterocycles. The fourth-order valence-corrected chi connectivity index (χ4v) is 3.39. The maximum Gasteiger partial charge on any atom is 0.283 e. The van der Waals surface area contributed by atoms with E-state index in [1.165, 1.54) is 0 Å². The Morgan fingerprint density at radius 3 is 2.57 bits per heavy atom. The summed E-state index contributed by atoms with van der Waals surface area (Å²) in [5.41, 5.74) is 2.74. The summed E-state index contributed by atoms with van der Waals surface area (Å²) in [5, 5.41) is 12.1. The van der Waals surface area contributed by atoms with Crippen molar-refractivity contribution in [2.75, 3.05) is 0 Å². The van der Waals surface area contributed by atoms with Crippen molar-refractivity contribution in [1.82, 2.24) is 20.1 Å². The number of amides is 1. The van der Waals surface area contributed by atoms with Gasteiger partial charge in [-0.3, -0.25) is 4.79 Å². The molecule has 0 aliphatic rings. The van der Waals surface area contributed by atoms with Crippen LogP contribution >= 0.6 is 0 Å². The van der Waals surface area contributed by atoms with Crippen LogP contribution in [0.3, 0.4) is 0 Å². The molecule has 0 unspecified atom stereocenters. The quantitative estimate of drug-likeness (QED) is 0.462. The first-order valence-corrected chi connectivity index (χ1v) is 9.54. The Morgan fingerprint density at radius 2 is 1.73 bits per heavy atom. The summed E-state index contributed by atoms with van der Waals surface area (Å²) >= 11 is 0. The number of rotatable bonds is 6. The van der Waals surface area contributed by atoms with E-state index in [2.05, 4.69) is 15.5 Å². The van der Waals surface area contributed by atoms with E-state index in [0.717, 1.165) is 22.0 Å². The second-order valence-electron chi connectivity index (χ2n) is 6.84. The third-order valence-corrected chi connectivity index (χ3v) is 4.82. The Morgan fingerprint density at radius 1 is 0.933 bits per heavy atom. The van der Waals surface area contributed by atoms with E-state index in [0.29, 0.717) is 24.1 Å². The van der Waals surface area contributed by atoms with Gasteiger partial charge in [-0.1, -0.05) is 48.5 Å². The van der Waals surface area contributed by atoms with Gasteiger partial charge in [0.1, 0.15) is 6.54 Å². The largest absolute Gasteiger partial charge is 0.459 e. The van der Waals surface area contributed by atoms with Gasteiger partial charge in [-0.15, -0.1) is 10.2 Å². The summed E-state index contributed by atoms with van der Waals surface area (Å²) in [7, 11) is 0. The molecule has 7 heteroatoms. The first-order chi connectivity index (χ1) is 14.8. The van der Waals surface area contributed by atoms with E-state index in [9.17, 15) is 4.79 Å². The van der Waals surface area contributed by atoms with Crippen LogP contribution in [0.15, 0.2) is 88.0 Å². The molecule has 30 heavy (non-hydrogen) atoms. The molecule has 7 nitrogen and oxygen atoms in total. The molecule has 0 radical (unpaired) electrons. The number of benzene rings is 2. The summed E-state index contributed by atoms with van der Waals surface area (Å²) in [5.74, 6) is 1.12. The third kappa shape index (κ3) is 3.48. The van der Waals surface area contributed by atoms with E-state index in [-0.39, 0.29) is 12.5 Å². The minimum Gasteiger partial charge on any atom is -0.459 e. The fraction of sp³-hybridized carbons (Fsp3) is 0.0870. The SMILES string of the molecule is O=C(Cn1cc(-c2nnc(-c3ccco3)o2)c2ccccc21)NCc1ccccc1. The average Bonchev–Trinajstić information content (AvgIpc) is 3.53. The Labute approximate surface area is 172 Å². The van der Waals surface area contributed by atoms with Crippen LogP contribution < -0.4 is 5.32 Å². The van der Waals surface area contributed by atoms with Crippen molar-refractivity contribution < 1.29 is 13.6 Å². The lowest BCUT2D eigenvalue weighted by Gasteiger charge is -2.07. The van der Waals surface area contributed by atoms with E-state index in [1.54, 1.807) is 18.4 Å². The molecule has 1 N–H and O–H groups in total. The lowest BCUT2D eigenvalue weighted by atomic mass is 10.2. The monoisotopic (exact) mass is 398 g/mol. The fourth-order valence-electron chi connectivity index (χ4n) is 3.39. The van der Waals surface area contributed by atoms with Gasteiger partial charge in [0.2, 0.25) is 11.8 Å². The van der Waals surface area contributed by atoms with Gasteiger partial charge in [0.25, 0.3) is 5.89 Å². The third-order valence-electron chi connectivity index (χ3n) is 4.82. The molecule has 148 valence electrons. The van der Waals surface area contributed by atoms with Crippen LogP contribution in [0.2, 0.25) is 0 Å². The average molecular weight is 398 g/mol. The molecule has 0 fully saturated rings. The molecule has 3 heterocycles. The minimum atomic E-state index is -0.0760. The van der Waals surface area contributed by atoms with Crippen LogP contribution in [0.25, 0.3) is 34.0 Å². The molecule has 3 aromatic heterocycles. The maximum absolute atomic E-state index is 12.5. The maximum atomic E-state index is 12.5. The van der Waals surface area contributed by atoms with E-state index in [4.69, 9.17) is 8.83 Å². The highest BCUT2D eigenvalue weighted by Gasteiger charge is 2.18. The molecule has 0 bridgehead atoms. The standard InChI is InChI=1S/C23H18N4O3/c28-21(24-13-16-7-2-1-3-8-16)15-27-14-18(17-9-4-5-10-19(17)27)22-25-26-23(30-22)20-11-6-12-29-20/h1-12,14H,13,15H2,(H,24,28). The van der Waals surface area contributed by atoms with Crippen molar-refractivity contribution in [3.63, 3.8) is 0 Å². The van der Waals surface area contributed by atoms with E-state index < -0.39 is 0 Å². The number of aromatic nitrogens is 3. The zero-order valence-corrected chi connectivity index (χ0v) is 16.0. The highest BCUT2D eigenvalue weighted by Crippen LogP contribution is 2.31. The van der Waals surface area contributed by atoms with Crippen LogP contribution in [0.5, 0.6) is 0 Å². The summed E-state index contributed by atoms with van der Waals surface area (Å²) in [6, 6.07) is 21.2. The number of fused-ring (bicyclic) bond motifs is 1. The summed E-state index contributed by atoms with van der Waals surface area (Å²) in [6.07, 6.45) is 3.42. The van der Waals surface area contributed by atoms with Crippen LogP contribution in [0.1, 0.15) is 5.56 Å². The van der Waals surface area contributed by atoms with Gasteiger partial charge in [-0.25, -0.2) is 0 Å². The number of hydrogen-bond acceptors (Lipinski definition) is 5. The summed E-state index contributed by atoms with van der Waals surface area (Å²) in [6.45, 7) is 0.675. The van der Waals surface area contributed by atoms with Gasteiger partial charge in [0, 0.05) is 23.6 Å². The number of hydrogen-bond donors (Lipinski definition) is 1. The Kier molecular flexibility index (Phi) is 4.61. The molecule has 5 rings (SSSR count). The number of carbonyl (C=O) groups excluding carboxylic acids is 1. The summed E-state index contributed by atoms with van der Waals surface area (Å²) < 4.78 is 13.0. The lowest BCUT2D eigenvalue weighted by molar-refractivity contribution is -0.121. The van der Waals surface area contributed by atoms with Gasteiger partial charge < -0.3 is 18.7 Å². The van der Waals surface area contributed by atoms with Crippen molar-refractivity contribution in [1.29, 1.82) is 0 Å². The van der Waals surface area contributed by atoms with Gasteiger partial charge in [-0.2, -0.15) is 0 Å². The molecule has 0 aliphatic heterocycles. The molecule has 0 atom stereocenters. The Hall–Kier alpha value is -4.13. The van der Waals surface area contributed by atoms with Crippen molar-refractivity contribution >= 4 is 16.8 Å². The Balaban J connectivity index is 1.41. The van der Waals surface area contributed by atoms with E-state index >= 15 is 0 Å². The molecular formula is C23H18N4O3. The smallest absolute Gasteiger partial charge is 0.283 e. The highest BCUT2D eigenvalue weighted by molar-refractivity contribution is 5.95. The number of para-hydroxylation sites is 1. The molecular weight excluding hydrogens is 380 g/mol. The van der Waals surface area contributed by atoms with Crippen molar-refractivity contribution in [3.05, 3.63) is 84.8 Å². The van der Waals surface area contributed by atoms with Gasteiger partial charge in [-0.05, 0) is 23.8 Å². The van der Waals surface area contributed by atoms with Crippen molar-refractivity contribution in [2.45, 2.75) is 13.1 Å². The van der Waals surface area contributed by atoms with Gasteiger partial charge >= 0.3 is 0 Å². The van der Waals surface area contributed by atoms with Gasteiger partial charge in [0.05, 0.1) is 11.8 Å². The molecule has 5 aromatic rings. The number of carbonyl (C=O) groups is 1.